The van der Waals surface area contributed by atoms with E-state index in [9.17, 15) is 4.57 Å². The van der Waals surface area contributed by atoms with Crippen LogP contribution in [0.15, 0.2) is 5.28 Å². The summed E-state index contributed by atoms with van der Waals surface area (Å²) in [7, 11) is 1.50. The zero-order chi connectivity index (χ0) is 12.5. The lowest BCUT2D eigenvalue weighted by atomic mass is 10.5. The van der Waals surface area contributed by atoms with E-state index in [0.29, 0.717) is 11.0 Å². The number of phosphoric ester groups is 1. The fraction of sp³-hybridized carbons (Fsp3) is 1.00. The van der Waals surface area contributed by atoms with Crippen molar-refractivity contribution >= 4 is 7.82 Å². The Morgan fingerprint density at radius 3 is 2.07 bits per heavy atom. The Hall–Kier alpha value is -0.730. The Labute approximate surface area is 87.4 Å². The normalized spacial score (nSPS) is 12.3. The highest BCUT2D eigenvalue weighted by atomic mass is 31.2. The van der Waals surface area contributed by atoms with Crippen LogP contribution in [0.4, 0.5) is 0 Å². The number of likely N-dealkylation sites (N-methyl/N-ethyl adjacent to an activating group) is 1. The fourth-order valence-corrected chi connectivity index (χ4v) is 0.753. The summed E-state index contributed by atoms with van der Waals surface area (Å²) < 4.78 is 15.1. The molecular formula is C5H16N3O6P. The third kappa shape index (κ3) is 24.6. The number of quaternary nitrogens is 1. The molecule has 0 rings (SSSR count). The van der Waals surface area contributed by atoms with Gasteiger partial charge in [0.05, 0.1) is 21.1 Å². The van der Waals surface area contributed by atoms with Gasteiger partial charge in [-0.25, -0.2) is 4.57 Å². The minimum Gasteiger partial charge on any atom is -0.739 e. The van der Waals surface area contributed by atoms with Crippen molar-refractivity contribution in [1.82, 2.24) is 0 Å². The van der Waals surface area contributed by atoms with Gasteiger partial charge >= 0.3 is 7.82 Å². The topological polar surface area (TPSA) is 139 Å². The Morgan fingerprint density at radius 2 is 1.87 bits per heavy atom. The first kappa shape index (κ1) is 16.7. The van der Waals surface area contributed by atoms with E-state index >= 15 is 0 Å². The largest absolute Gasteiger partial charge is 0.739 e. The lowest BCUT2D eigenvalue weighted by molar-refractivity contribution is -0.870. The van der Waals surface area contributed by atoms with E-state index in [1.807, 2.05) is 21.1 Å². The second-order valence-corrected chi connectivity index (χ2v) is 4.76. The van der Waals surface area contributed by atoms with E-state index in [2.05, 4.69) is 4.52 Å². The van der Waals surface area contributed by atoms with Gasteiger partial charge in [0.2, 0.25) is 0 Å². The first-order valence-electron chi connectivity index (χ1n) is 3.82. The molecule has 3 N–H and O–H groups in total. The average Bonchev–Trinajstić information content (AvgIpc) is 2.00. The summed E-state index contributed by atoms with van der Waals surface area (Å²) in [6.45, 7) is 0.652. The fourth-order valence-electron chi connectivity index (χ4n) is 0.434. The summed E-state index contributed by atoms with van der Waals surface area (Å²) in [6, 6.07) is 0. The lowest BCUT2D eigenvalue weighted by Crippen LogP contribution is -2.55. The molecule has 9 nitrogen and oxygen atoms in total. The molecule has 0 aromatic heterocycles. The SMILES string of the molecule is C[N+](C)(C)CCOP(=O)(O)O.[O-]N=[NH+][O-]. The van der Waals surface area contributed by atoms with Gasteiger partial charge in [-0.1, -0.05) is 0 Å². The highest BCUT2D eigenvalue weighted by Gasteiger charge is 2.15. The lowest BCUT2D eigenvalue weighted by Gasteiger charge is -2.23. The van der Waals surface area contributed by atoms with E-state index < -0.39 is 7.82 Å². The van der Waals surface area contributed by atoms with Crippen molar-refractivity contribution in [3.63, 3.8) is 0 Å². The molecule has 0 bridgehead atoms. The van der Waals surface area contributed by atoms with Gasteiger partial charge in [-0.2, -0.15) is 0 Å². The molecule has 10 heteroatoms. The van der Waals surface area contributed by atoms with Crippen molar-refractivity contribution in [3.05, 3.63) is 10.4 Å². The van der Waals surface area contributed by atoms with Gasteiger partial charge in [0.15, 0.2) is 0 Å². The van der Waals surface area contributed by atoms with Crippen LogP contribution >= 0.6 is 7.82 Å². The molecular weight excluding hydrogens is 229 g/mol. The summed E-state index contributed by atoms with van der Waals surface area (Å²) in [6.07, 6.45) is 0. The van der Waals surface area contributed by atoms with Crippen LogP contribution in [-0.2, 0) is 9.09 Å². The Kier molecular flexibility index (Phi) is 8.40. The first-order chi connectivity index (χ1) is 6.62. The molecule has 0 aliphatic rings. The molecule has 0 unspecified atom stereocenters. The molecule has 0 amide bonds. The second-order valence-electron chi connectivity index (χ2n) is 3.52. The van der Waals surface area contributed by atoms with E-state index in [1.54, 1.807) is 5.28 Å². The van der Waals surface area contributed by atoms with E-state index in [1.165, 1.54) is 0 Å². The summed E-state index contributed by atoms with van der Waals surface area (Å²) in [5.74, 6) is 0. The van der Waals surface area contributed by atoms with Gasteiger partial charge in [-0.15, -0.1) is 5.28 Å². The zero-order valence-corrected chi connectivity index (χ0v) is 9.68. The molecule has 0 aromatic carbocycles. The smallest absolute Gasteiger partial charge is 0.469 e. The molecule has 0 aliphatic carbocycles. The van der Waals surface area contributed by atoms with E-state index in [0.717, 1.165) is 5.28 Å². The molecule has 0 heterocycles. The second kappa shape index (κ2) is 7.55. The van der Waals surface area contributed by atoms with Crippen LogP contribution in [0.3, 0.4) is 0 Å². The van der Waals surface area contributed by atoms with Gasteiger partial charge in [-0.3, -0.25) is 4.52 Å². The molecule has 0 spiro atoms. The molecule has 92 valence electrons. The van der Waals surface area contributed by atoms with Crippen LogP contribution in [0.5, 0.6) is 0 Å². The molecule has 0 radical (unpaired) electrons. The van der Waals surface area contributed by atoms with Crippen molar-refractivity contribution in [2.75, 3.05) is 34.3 Å². The van der Waals surface area contributed by atoms with Gasteiger partial charge in [-0.05, 0) is 5.28 Å². The number of hydrogen-bond acceptors (Lipinski definition) is 5. The molecule has 0 atom stereocenters. The van der Waals surface area contributed by atoms with Crippen LogP contribution in [-0.4, -0.2) is 48.6 Å². The van der Waals surface area contributed by atoms with Crippen molar-refractivity contribution in [3.8, 4) is 0 Å². The standard InChI is InChI=1S/C5H14NO4P.H2N2O2/c1-6(2,3)4-5-10-11(7,8)9;3-1-2-4/h4-5H2,1-3H3,(H-,7,8,9);1H,(H-,2,3,4). The molecule has 0 saturated heterocycles. The van der Waals surface area contributed by atoms with Gasteiger partial charge in [0.1, 0.15) is 13.2 Å². The Balaban J connectivity index is 0. The quantitative estimate of drug-likeness (QED) is 0.234. The Bertz CT molecular complexity index is 217. The summed E-state index contributed by atoms with van der Waals surface area (Å²) in [4.78, 5) is 16.6. The monoisotopic (exact) mass is 245 g/mol. The number of nitrogens with one attached hydrogen (secondary N) is 1. The average molecular weight is 245 g/mol. The van der Waals surface area contributed by atoms with Crippen LogP contribution in [0.1, 0.15) is 0 Å². The van der Waals surface area contributed by atoms with Crippen LogP contribution < -0.4 is 5.28 Å². The van der Waals surface area contributed by atoms with Crippen molar-refractivity contribution in [2.24, 2.45) is 5.28 Å². The molecule has 15 heavy (non-hydrogen) atoms. The predicted molar refractivity (Wildman–Crippen MR) is 51.0 cm³/mol. The summed E-state index contributed by atoms with van der Waals surface area (Å²) >= 11 is 0. The van der Waals surface area contributed by atoms with Crippen LogP contribution in [0.2, 0.25) is 0 Å². The van der Waals surface area contributed by atoms with E-state index in [4.69, 9.17) is 20.2 Å². The highest BCUT2D eigenvalue weighted by Crippen LogP contribution is 2.35. The molecule has 0 aliphatic heterocycles. The van der Waals surface area contributed by atoms with Gasteiger partial charge < -0.3 is 24.7 Å². The van der Waals surface area contributed by atoms with Gasteiger partial charge in [0.25, 0.3) is 0 Å². The predicted octanol–water partition coefficient (Wildman–Crippen LogP) is -1.68. The Morgan fingerprint density at radius 1 is 1.47 bits per heavy atom. The summed E-state index contributed by atoms with van der Waals surface area (Å²) in [5, 5.41) is 19.5. The van der Waals surface area contributed by atoms with Gasteiger partial charge in [0, 0.05) is 0 Å². The minimum absolute atomic E-state index is 0.0772. The maximum atomic E-state index is 10.2. The van der Waals surface area contributed by atoms with Crippen molar-refractivity contribution in [1.29, 1.82) is 0 Å². The summed E-state index contributed by atoms with van der Waals surface area (Å²) in [5.41, 5.74) is 0. The van der Waals surface area contributed by atoms with E-state index in [-0.39, 0.29) is 6.61 Å². The maximum absolute atomic E-state index is 10.2. The third-order valence-corrected chi connectivity index (χ3v) is 1.58. The number of hydrogen-bond donors (Lipinski definition) is 3. The van der Waals surface area contributed by atoms with Crippen molar-refractivity contribution < 1.29 is 28.6 Å². The molecule has 0 fully saturated rings. The number of phosphoric acid groups is 1. The number of nitrogens with zero attached hydrogens (tertiary/aromatic N) is 2. The van der Waals surface area contributed by atoms with Crippen molar-refractivity contribution in [2.45, 2.75) is 0 Å². The third-order valence-electron chi connectivity index (χ3n) is 1.06. The van der Waals surface area contributed by atoms with Crippen LogP contribution in [0, 0.1) is 10.4 Å². The minimum atomic E-state index is -4.26. The molecule has 0 saturated carbocycles. The zero-order valence-electron chi connectivity index (χ0n) is 8.78. The maximum Gasteiger partial charge on any atom is 0.469 e. The highest BCUT2D eigenvalue weighted by molar-refractivity contribution is 7.46. The molecule has 0 aromatic rings. The van der Waals surface area contributed by atoms with Crippen LogP contribution in [0.25, 0.3) is 0 Å². The first-order valence-corrected chi connectivity index (χ1v) is 5.35. The number of rotatable bonds is 4.